The largest absolute Gasteiger partial charge is 0.445 e. The smallest absolute Gasteiger partial charge is 0.268 e. The Morgan fingerprint density at radius 2 is 2.20 bits per heavy atom. The molecule has 1 amide bonds. The first-order chi connectivity index (χ1) is 14.6. The van der Waals surface area contributed by atoms with Gasteiger partial charge in [0, 0.05) is 32.0 Å². The van der Waals surface area contributed by atoms with Crippen LogP contribution in [0.1, 0.15) is 45.6 Å². The zero-order valence-electron chi connectivity index (χ0n) is 16.7. The number of nitrogens with zero attached hydrogens (tertiary/aromatic N) is 4. The van der Waals surface area contributed by atoms with Gasteiger partial charge in [0.15, 0.2) is 5.89 Å². The van der Waals surface area contributed by atoms with Crippen molar-refractivity contribution in [3.63, 3.8) is 0 Å². The Balaban J connectivity index is 1.44. The van der Waals surface area contributed by atoms with Gasteiger partial charge in [-0.1, -0.05) is 0 Å². The van der Waals surface area contributed by atoms with Crippen molar-refractivity contribution in [2.24, 2.45) is 0 Å². The third-order valence-corrected chi connectivity index (χ3v) is 5.75. The van der Waals surface area contributed by atoms with E-state index < -0.39 is 0 Å². The zero-order valence-corrected chi connectivity index (χ0v) is 16.7. The van der Waals surface area contributed by atoms with Gasteiger partial charge >= 0.3 is 0 Å². The summed E-state index contributed by atoms with van der Waals surface area (Å²) in [4.78, 5) is 36.8. The Hall–Kier alpha value is -3.26. The summed E-state index contributed by atoms with van der Waals surface area (Å²) in [7, 11) is 0. The van der Waals surface area contributed by atoms with Crippen LogP contribution in [0.15, 0.2) is 46.0 Å². The Bertz CT molecular complexity index is 1150. The normalized spacial score (nSPS) is 18.4. The van der Waals surface area contributed by atoms with E-state index in [2.05, 4.69) is 9.97 Å². The molecule has 154 valence electrons. The molecule has 5 rings (SSSR count). The van der Waals surface area contributed by atoms with Crippen molar-refractivity contribution in [3.05, 3.63) is 75.6 Å². The van der Waals surface area contributed by atoms with Crippen LogP contribution in [0.25, 0.3) is 5.69 Å². The summed E-state index contributed by atoms with van der Waals surface area (Å²) in [5.41, 5.74) is 1.88. The second-order valence-electron chi connectivity index (χ2n) is 7.72. The molecule has 0 saturated carbocycles. The fraction of sp³-hybridized carbons (Fsp3) is 0.364. The molecule has 0 spiro atoms. The molecule has 0 radical (unpaired) electrons. The van der Waals surface area contributed by atoms with Crippen LogP contribution in [-0.2, 0) is 17.7 Å². The molecule has 2 aliphatic heterocycles. The number of oxazole rings is 1. The van der Waals surface area contributed by atoms with Crippen LogP contribution in [0.5, 0.6) is 0 Å². The molecule has 0 aromatic carbocycles. The predicted octanol–water partition coefficient (Wildman–Crippen LogP) is 2.23. The number of hydrogen-bond acceptors (Lipinski definition) is 6. The summed E-state index contributed by atoms with van der Waals surface area (Å²) in [5.74, 6) is 1.43. The number of carbonyl (C=O) groups is 1. The minimum absolute atomic E-state index is 0.178. The molecule has 1 fully saturated rings. The number of pyridine rings is 2. The first-order valence-corrected chi connectivity index (χ1v) is 10.1. The lowest BCUT2D eigenvalue weighted by Crippen LogP contribution is -2.40. The lowest BCUT2D eigenvalue weighted by molar-refractivity contribution is 0.0725. The maximum Gasteiger partial charge on any atom is 0.268 e. The predicted molar refractivity (Wildman–Crippen MR) is 108 cm³/mol. The maximum absolute atomic E-state index is 13.3. The van der Waals surface area contributed by atoms with Gasteiger partial charge in [-0.2, -0.15) is 0 Å². The molecule has 5 heterocycles. The van der Waals surface area contributed by atoms with Gasteiger partial charge < -0.3 is 14.1 Å². The average Bonchev–Trinajstić information content (AvgIpc) is 3.43. The summed E-state index contributed by atoms with van der Waals surface area (Å²) in [6.45, 7) is 3.96. The summed E-state index contributed by atoms with van der Waals surface area (Å²) >= 11 is 0. The molecule has 0 aliphatic carbocycles. The van der Waals surface area contributed by atoms with E-state index in [0.29, 0.717) is 43.3 Å². The Morgan fingerprint density at radius 3 is 2.97 bits per heavy atom. The van der Waals surface area contributed by atoms with Crippen molar-refractivity contribution >= 4 is 5.91 Å². The Labute approximate surface area is 173 Å². The second-order valence-corrected chi connectivity index (χ2v) is 7.72. The van der Waals surface area contributed by atoms with E-state index in [-0.39, 0.29) is 22.9 Å². The van der Waals surface area contributed by atoms with Crippen LogP contribution in [-0.4, -0.2) is 45.1 Å². The van der Waals surface area contributed by atoms with Gasteiger partial charge in [0.05, 0.1) is 31.0 Å². The van der Waals surface area contributed by atoms with Crippen molar-refractivity contribution < 1.29 is 13.9 Å². The highest BCUT2D eigenvalue weighted by atomic mass is 16.5. The number of aryl methyl sites for hydroxylation is 1. The van der Waals surface area contributed by atoms with Gasteiger partial charge in [0.1, 0.15) is 17.0 Å². The molecule has 0 N–H and O–H groups in total. The van der Waals surface area contributed by atoms with Crippen LogP contribution in [0.3, 0.4) is 0 Å². The van der Waals surface area contributed by atoms with E-state index in [9.17, 15) is 9.59 Å². The summed E-state index contributed by atoms with van der Waals surface area (Å²) in [5, 5.41) is 0. The number of aromatic nitrogens is 3. The van der Waals surface area contributed by atoms with Crippen LogP contribution < -0.4 is 5.56 Å². The van der Waals surface area contributed by atoms with Crippen LogP contribution >= 0.6 is 0 Å². The van der Waals surface area contributed by atoms with E-state index in [0.717, 1.165) is 24.5 Å². The maximum atomic E-state index is 13.3. The number of ether oxygens (including phenoxy) is 1. The van der Waals surface area contributed by atoms with Crippen LogP contribution in [0.2, 0.25) is 0 Å². The molecule has 2 aliphatic rings. The molecule has 1 saturated heterocycles. The standard InChI is InChI=1S/C22H22N4O4/c1-14-4-9-26(16-3-2-7-23-11-16)22(28)19(14)21(27)25-8-5-18-17(12-25)24-20(30-18)15-6-10-29-13-15/h2-4,7,9,11,15H,5-6,8,10,12-13H2,1H3. The Morgan fingerprint density at radius 1 is 1.30 bits per heavy atom. The van der Waals surface area contributed by atoms with E-state index in [1.54, 1.807) is 48.6 Å². The molecule has 8 nitrogen and oxygen atoms in total. The molecular weight excluding hydrogens is 384 g/mol. The van der Waals surface area contributed by atoms with Gasteiger partial charge in [0.2, 0.25) is 0 Å². The molecular formula is C22H22N4O4. The summed E-state index contributed by atoms with van der Waals surface area (Å²) in [6.07, 6.45) is 6.41. The molecule has 0 bridgehead atoms. The van der Waals surface area contributed by atoms with E-state index in [1.807, 2.05) is 0 Å². The van der Waals surface area contributed by atoms with Crippen molar-refractivity contribution in [2.75, 3.05) is 19.8 Å². The lowest BCUT2D eigenvalue weighted by atomic mass is 10.1. The van der Waals surface area contributed by atoms with Crippen LogP contribution in [0.4, 0.5) is 0 Å². The highest BCUT2D eigenvalue weighted by molar-refractivity contribution is 5.95. The fourth-order valence-corrected chi connectivity index (χ4v) is 4.04. The van der Waals surface area contributed by atoms with Crippen molar-refractivity contribution in [2.45, 2.75) is 32.2 Å². The number of amides is 1. The van der Waals surface area contributed by atoms with E-state index in [4.69, 9.17) is 9.15 Å². The van der Waals surface area contributed by atoms with Gasteiger partial charge in [0.25, 0.3) is 11.5 Å². The monoisotopic (exact) mass is 406 g/mol. The molecule has 1 unspecified atom stereocenters. The number of carbonyl (C=O) groups excluding carboxylic acids is 1. The fourth-order valence-electron chi connectivity index (χ4n) is 4.04. The van der Waals surface area contributed by atoms with Crippen molar-refractivity contribution in [3.8, 4) is 5.69 Å². The van der Waals surface area contributed by atoms with E-state index >= 15 is 0 Å². The van der Waals surface area contributed by atoms with Gasteiger partial charge in [-0.3, -0.25) is 19.1 Å². The third kappa shape index (κ3) is 3.23. The molecule has 3 aromatic heterocycles. The van der Waals surface area contributed by atoms with Gasteiger partial charge in [-0.15, -0.1) is 0 Å². The highest BCUT2D eigenvalue weighted by Gasteiger charge is 2.31. The van der Waals surface area contributed by atoms with Gasteiger partial charge in [-0.05, 0) is 37.1 Å². The minimum atomic E-state index is -0.345. The molecule has 1 atom stereocenters. The SMILES string of the molecule is Cc1ccn(-c2cccnc2)c(=O)c1C(=O)N1CCc2oc(C3CCOC3)nc2C1. The lowest BCUT2D eigenvalue weighted by Gasteiger charge is -2.26. The summed E-state index contributed by atoms with van der Waals surface area (Å²) < 4.78 is 12.8. The molecule has 8 heteroatoms. The first kappa shape index (κ1) is 18.7. The number of hydrogen-bond donors (Lipinski definition) is 0. The Kier molecular flexibility index (Phi) is 4.71. The van der Waals surface area contributed by atoms with Crippen molar-refractivity contribution in [1.82, 2.24) is 19.4 Å². The third-order valence-electron chi connectivity index (χ3n) is 5.75. The first-order valence-electron chi connectivity index (χ1n) is 10.1. The zero-order chi connectivity index (χ0) is 20.7. The van der Waals surface area contributed by atoms with Crippen LogP contribution in [0, 0.1) is 6.92 Å². The summed E-state index contributed by atoms with van der Waals surface area (Å²) in [6, 6.07) is 5.33. The van der Waals surface area contributed by atoms with Gasteiger partial charge in [-0.25, -0.2) is 4.98 Å². The topological polar surface area (TPSA) is 90.5 Å². The van der Waals surface area contributed by atoms with E-state index in [1.165, 1.54) is 4.57 Å². The molecule has 30 heavy (non-hydrogen) atoms. The number of fused-ring (bicyclic) bond motifs is 1. The second kappa shape index (κ2) is 7.53. The molecule has 3 aromatic rings. The highest BCUT2D eigenvalue weighted by Crippen LogP contribution is 2.29. The number of rotatable bonds is 3. The quantitative estimate of drug-likeness (QED) is 0.663. The average molecular weight is 406 g/mol. The van der Waals surface area contributed by atoms with Crippen molar-refractivity contribution in [1.29, 1.82) is 0 Å². The minimum Gasteiger partial charge on any atom is -0.445 e.